The number of carbonyl (C=O) groups is 1. The number of rotatable bonds is 4. The average Bonchev–Trinajstić information content (AvgIpc) is 3.21. The van der Waals surface area contributed by atoms with E-state index in [1.54, 1.807) is 29.2 Å². The molecule has 0 spiro atoms. The van der Waals surface area contributed by atoms with E-state index in [0.29, 0.717) is 64.1 Å². The van der Waals surface area contributed by atoms with Gasteiger partial charge < -0.3 is 9.42 Å². The molecule has 1 aromatic heterocycles. The van der Waals surface area contributed by atoms with E-state index < -0.39 is 0 Å². The number of nitrogens with zero attached hydrogens (tertiary/aromatic N) is 3. The number of piperazine rings is 1. The van der Waals surface area contributed by atoms with Gasteiger partial charge in [-0.1, -0.05) is 57.6 Å². The number of aromatic nitrogens is 1. The van der Waals surface area contributed by atoms with Crippen LogP contribution in [0.4, 0.5) is 0 Å². The van der Waals surface area contributed by atoms with Crippen LogP contribution >= 0.6 is 46.4 Å². The lowest BCUT2D eigenvalue weighted by atomic mass is 10.1. The van der Waals surface area contributed by atoms with Crippen LogP contribution < -0.4 is 0 Å². The van der Waals surface area contributed by atoms with E-state index in [-0.39, 0.29) is 11.6 Å². The lowest BCUT2D eigenvalue weighted by Gasteiger charge is -2.34. The van der Waals surface area contributed by atoms with E-state index in [4.69, 9.17) is 50.9 Å². The number of halogens is 4. The van der Waals surface area contributed by atoms with Crippen molar-refractivity contribution < 1.29 is 9.32 Å². The molecule has 1 saturated heterocycles. The van der Waals surface area contributed by atoms with E-state index in [0.717, 1.165) is 5.56 Å². The van der Waals surface area contributed by atoms with Gasteiger partial charge in [-0.25, -0.2) is 0 Å². The lowest BCUT2D eigenvalue weighted by Crippen LogP contribution is -2.48. The third-order valence-corrected chi connectivity index (χ3v) is 6.28. The molecule has 2 aromatic carbocycles. The highest BCUT2D eigenvalue weighted by molar-refractivity contribution is 6.36. The van der Waals surface area contributed by atoms with Crippen LogP contribution in [0.15, 0.2) is 47.0 Å². The largest absolute Gasteiger partial charge is 0.355 e. The summed E-state index contributed by atoms with van der Waals surface area (Å²) in [6, 6.07) is 12.2. The third kappa shape index (κ3) is 4.61. The number of carbonyl (C=O) groups excluding carboxylic acids is 1. The van der Waals surface area contributed by atoms with Crippen LogP contribution in [-0.2, 0) is 6.54 Å². The van der Waals surface area contributed by atoms with E-state index in [2.05, 4.69) is 10.1 Å². The van der Waals surface area contributed by atoms with Crippen LogP contribution in [0.2, 0.25) is 20.1 Å². The zero-order valence-corrected chi connectivity index (χ0v) is 18.8. The molecule has 0 bridgehead atoms. The topological polar surface area (TPSA) is 49.6 Å². The normalized spacial score (nSPS) is 14.9. The van der Waals surface area contributed by atoms with Crippen LogP contribution in [-0.4, -0.2) is 47.0 Å². The highest BCUT2D eigenvalue weighted by Crippen LogP contribution is 2.31. The molecule has 4 rings (SSSR count). The smallest absolute Gasteiger partial charge is 0.276 e. The Morgan fingerprint density at radius 3 is 2.30 bits per heavy atom. The Kier molecular flexibility index (Phi) is 6.56. The molecule has 0 radical (unpaired) electrons. The Morgan fingerprint density at radius 2 is 1.63 bits per heavy atom. The van der Waals surface area contributed by atoms with Crippen LogP contribution in [0.5, 0.6) is 0 Å². The minimum atomic E-state index is -0.175. The van der Waals surface area contributed by atoms with E-state index >= 15 is 0 Å². The highest BCUT2D eigenvalue weighted by Gasteiger charge is 2.25. The molecule has 5 nitrogen and oxygen atoms in total. The zero-order valence-electron chi connectivity index (χ0n) is 15.7. The standard InChI is InChI=1S/C21H17Cl4N3O2/c22-13-4-5-14(18(25)10-13)20-11-19(26-30-20)21(29)28-8-6-27(7-9-28)12-15-16(23)2-1-3-17(15)24/h1-5,10-11H,6-9,12H2. The van der Waals surface area contributed by atoms with Gasteiger partial charge in [0.1, 0.15) is 0 Å². The van der Waals surface area contributed by atoms with Crippen molar-refractivity contribution in [2.24, 2.45) is 0 Å². The molecular formula is C21H17Cl4N3O2. The second-order valence-corrected chi connectivity index (χ2v) is 8.63. The molecule has 1 fully saturated rings. The SMILES string of the molecule is O=C(c1cc(-c2ccc(Cl)cc2Cl)on1)N1CCN(Cc2c(Cl)cccc2Cl)CC1. The molecule has 0 atom stereocenters. The molecule has 3 aromatic rings. The van der Waals surface area contributed by atoms with Gasteiger partial charge in [-0.2, -0.15) is 0 Å². The lowest BCUT2D eigenvalue weighted by molar-refractivity contribution is 0.0618. The Morgan fingerprint density at radius 1 is 0.933 bits per heavy atom. The molecule has 30 heavy (non-hydrogen) atoms. The summed E-state index contributed by atoms with van der Waals surface area (Å²) in [7, 11) is 0. The molecule has 1 aliphatic rings. The quantitative estimate of drug-likeness (QED) is 0.461. The van der Waals surface area contributed by atoms with Gasteiger partial charge >= 0.3 is 0 Å². The van der Waals surface area contributed by atoms with E-state index in [1.807, 2.05) is 18.2 Å². The molecule has 1 amide bonds. The molecule has 0 unspecified atom stereocenters. The monoisotopic (exact) mass is 483 g/mol. The van der Waals surface area contributed by atoms with Gasteiger partial charge in [0, 0.05) is 65.0 Å². The number of amides is 1. The zero-order chi connectivity index (χ0) is 21.3. The fraction of sp³-hybridized carbons (Fsp3) is 0.238. The van der Waals surface area contributed by atoms with Gasteiger partial charge in [0.15, 0.2) is 11.5 Å². The summed E-state index contributed by atoms with van der Waals surface area (Å²) in [5.41, 5.74) is 1.79. The molecular weight excluding hydrogens is 468 g/mol. The summed E-state index contributed by atoms with van der Waals surface area (Å²) in [4.78, 5) is 16.8. The van der Waals surface area contributed by atoms with Gasteiger partial charge in [-0.3, -0.25) is 9.69 Å². The predicted octanol–water partition coefficient (Wildman–Crippen LogP) is 5.91. The van der Waals surface area contributed by atoms with Gasteiger partial charge in [-0.05, 0) is 30.3 Å². The van der Waals surface area contributed by atoms with Crippen LogP contribution in [0.3, 0.4) is 0 Å². The second kappa shape index (κ2) is 9.16. The van der Waals surface area contributed by atoms with Crippen LogP contribution in [0.25, 0.3) is 11.3 Å². The van der Waals surface area contributed by atoms with Crippen molar-refractivity contribution in [2.45, 2.75) is 6.54 Å². The summed E-state index contributed by atoms with van der Waals surface area (Å²) in [5, 5.41) is 6.19. The molecule has 0 saturated carbocycles. The minimum absolute atomic E-state index is 0.175. The summed E-state index contributed by atoms with van der Waals surface area (Å²) >= 11 is 24.7. The third-order valence-electron chi connectivity index (χ3n) is 5.03. The van der Waals surface area contributed by atoms with Gasteiger partial charge in [0.05, 0.1) is 5.02 Å². The molecule has 0 aliphatic carbocycles. The first kappa shape index (κ1) is 21.5. The first-order valence-corrected chi connectivity index (χ1v) is 10.8. The van der Waals surface area contributed by atoms with Crippen molar-refractivity contribution >= 4 is 52.3 Å². The predicted molar refractivity (Wildman–Crippen MR) is 120 cm³/mol. The van der Waals surface area contributed by atoms with Crippen molar-refractivity contribution in [3.8, 4) is 11.3 Å². The number of hydrogen-bond donors (Lipinski definition) is 0. The first-order chi connectivity index (χ1) is 14.4. The van der Waals surface area contributed by atoms with Crippen molar-refractivity contribution in [3.05, 3.63) is 73.8 Å². The average molecular weight is 485 g/mol. The van der Waals surface area contributed by atoms with Crippen molar-refractivity contribution in [1.82, 2.24) is 15.0 Å². The van der Waals surface area contributed by atoms with Gasteiger partial charge in [0.25, 0.3) is 5.91 Å². The summed E-state index contributed by atoms with van der Waals surface area (Å²) in [5.74, 6) is 0.248. The van der Waals surface area contributed by atoms with Crippen molar-refractivity contribution in [1.29, 1.82) is 0 Å². The molecule has 2 heterocycles. The summed E-state index contributed by atoms with van der Waals surface area (Å²) in [6.45, 7) is 3.21. The van der Waals surface area contributed by atoms with E-state index in [1.165, 1.54) is 0 Å². The van der Waals surface area contributed by atoms with E-state index in [9.17, 15) is 4.79 Å². The maximum absolute atomic E-state index is 12.8. The fourth-order valence-electron chi connectivity index (χ4n) is 3.37. The summed E-state index contributed by atoms with van der Waals surface area (Å²) < 4.78 is 5.35. The van der Waals surface area contributed by atoms with Crippen LogP contribution in [0, 0.1) is 0 Å². The Hall–Kier alpha value is -1.76. The minimum Gasteiger partial charge on any atom is -0.355 e. The Balaban J connectivity index is 1.40. The second-order valence-electron chi connectivity index (χ2n) is 6.97. The van der Waals surface area contributed by atoms with Gasteiger partial charge in [-0.15, -0.1) is 0 Å². The molecule has 9 heteroatoms. The maximum Gasteiger partial charge on any atom is 0.276 e. The van der Waals surface area contributed by atoms with Crippen molar-refractivity contribution in [3.63, 3.8) is 0 Å². The molecule has 1 aliphatic heterocycles. The van der Waals surface area contributed by atoms with Crippen LogP contribution in [0.1, 0.15) is 16.1 Å². The molecule has 156 valence electrons. The number of benzene rings is 2. The Labute approximate surface area is 194 Å². The highest BCUT2D eigenvalue weighted by atomic mass is 35.5. The Bertz CT molecular complexity index is 1060. The number of hydrogen-bond acceptors (Lipinski definition) is 4. The maximum atomic E-state index is 12.8. The fourth-order valence-corrected chi connectivity index (χ4v) is 4.39. The van der Waals surface area contributed by atoms with Gasteiger partial charge in [0.2, 0.25) is 0 Å². The molecule has 0 N–H and O–H groups in total. The summed E-state index contributed by atoms with van der Waals surface area (Å²) in [6.07, 6.45) is 0. The first-order valence-electron chi connectivity index (χ1n) is 9.29. The van der Waals surface area contributed by atoms with Crippen molar-refractivity contribution in [2.75, 3.05) is 26.2 Å².